The number of hydrogen-bond acceptors (Lipinski definition) is 3. The summed E-state index contributed by atoms with van der Waals surface area (Å²) in [5.74, 6) is -0.405. The van der Waals surface area contributed by atoms with Gasteiger partial charge in [0.1, 0.15) is 5.54 Å². The number of nitrogens with one attached hydrogen (secondary N) is 1. The van der Waals surface area contributed by atoms with Gasteiger partial charge in [-0.25, -0.2) is 0 Å². The Hall–Kier alpha value is -1.39. The Morgan fingerprint density at radius 2 is 1.95 bits per heavy atom. The number of unbranched alkanes of at least 4 members (excludes halogenated alkanes) is 2. The second kappa shape index (κ2) is 8.80. The molecule has 1 rings (SSSR count). The number of primary amides is 1. The van der Waals surface area contributed by atoms with Crippen LogP contribution in [0.2, 0.25) is 0 Å². The molecule has 3 N–H and O–H groups in total. The van der Waals surface area contributed by atoms with Gasteiger partial charge in [-0.2, -0.15) is 0 Å². The lowest BCUT2D eigenvalue weighted by molar-refractivity contribution is -0.128. The zero-order valence-electron chi connectivity index (χ0n) is 13.4. The van der Waals surface area contributed by atoms with Crippen molar-refractivity contribution in [3.8, 4) is 0 Å². The Labute approximate surface area is 128 Å². The Morgan fingerprint density at radius 1 is 1.29 bits per heavy atom. The van der Waals surface area contributed by atoms with Gasteiger partial charge in [-0.05, 0) is 25.8 Å². The van der Waals surface area contributed by atoms with Crippen LogP contribution in [0, 0.1) is 0 Å². The van der Waals surface area contributed by atoms with Gasteiger partial charge in [0.05, 0.1) is 6.61 Å². The van der Waals surface area contributed by atoms with Crippen molar-refractivity contribution < 1.29 is 9.53 Å². The van der Waals surface area contributed by atoms with Crippen molar-refractivity contribution >= 4 is 5.91 Å². The molecule has 1 amide bonds. The molecule has 0 heterocycles. The van der Waals surface area contributed by atoms with E-state index in [0.29, 0.717) is 6.61 Å². The van der Waals surface area contributed by atoms with E-state index in [4.69, 9.17) is 10.5 Å². The van der Waals surface area contributed by atoms with Crippen LogP contribution in [-0.4, -0.2) is 25.2 Å². The summed E-state index contributed by atoms with van der Waals surface area (Å²) in [6.45, 7) is 7.05. The topological polar surface area (TPSA) is 64.3 Å². The van der Waals surface area contributed by atoms with E-state index >= 15 is 0 Å². The maximum absolute atomic E-state index is 12.2. The summed E-state index contributed by atoms with van der Waals surface area (Å²) in [7, 11) is 0. The van der Waals surface area contributed by atoms with Crippen molar-refractivity contribution in [2.75, 3.05) is 13.2 Å². The van der Waals surface area contributed by atoms with E-state index in [1.54, 1.807) is 0 Å². The van der Waals surface area contributed by atoms with Crippen LogP contribution in [0.5, 0.6) is 0 Å². The number of benzene rings is 1. The maximum Gasteiger partial charge on any atom is 0.244 e. The van der Waals surface area contributed by atoms with Crippen LogP contribution < -0.4 is 11.1 Å². The first-order valence-electron chi connectivity index (χ1n) is 7.73. The minimum atomic E-state index is -0.971. The van der Waals surface area contributed by atoms with Gasteiger partial charge in [-0.3, -0.25) is 10.1 Å². The van der Waals surface area contributed by atoms with E-state index in [-0.39, 0.29) is 12.6 Å². The minimum Gasteiger partial charge on any atom is -0.379 e. The standard InChI is InChI=1S/C17H28N2O2/c1-4-5-9-12-21-13-17(16(18)20,19-14(2)3)15-10-7-6-8-11-15/h6-8,10-11,14,19H,4-5,9,12-13H2,1-3H3,(H2,18,20). The molecule has 4 nitrogen and oxygen atoms in total. The number of nitrogens with two attached hydrogens (primary N) is 1. The number of hydrogen-bond donors (Lipinski definition) is 2. The zero-order chi connectivity index (χ0) is 15.7. The summed E-state index contributed by atoms with van der Waals surface area (Å²) in [5, 5.41) is 3.30. The Balaban J connectivity index is 2.89. The van der Waals surface area contributed by atoms with Crippen molar-refractivity contribution in [1.82, 2.24) is 5.32 Å². The molecule has 0 aliphatic carbocycles. The first-order valence-corrected chi connectivity index (χ1v) is 7.73. The first-order chi connectivity index (χ1) is 10.0. The molecule has 0 aliphatic rings. The highest BCUT2D eigenvalue weighted by atomic mass is 16.5. The van der Waals surface area contributed by atoms with Gasteiger partial charge in [0.15, 0.2) is 0 Å². The number of carbonyl (C=O) groups excluding carboxylic acids is 1. The monoisotopic (exact) mass is 292 g/mol. The third-order valence-electron chi connectivity index (χ3n) is 3.43. The summed E-state index contributed by atoms with van der Waals surface area (Å²) in [6, 6.07) is 9.69. The summed E-state index contributed by atoms with van der Waals surface area (Å²) in [6.07, 6.45) is 3.28. The molecule has 1 aromatic carbocycles. The second-order valence-electron chi connectivity index (χ2n) is 5.69. The molecule has 4 heteroatoms. The van der Waals surface area contributed by atoms with Crippen LogP contribution >= 0.6 is 0 Å². The molecule has 0 bridgehead atoms. The van der Waals surface area contributed by atoms with E-state index < -0.39 is 11.4 Å². The fraction of sp³-hybridized carbons (Fsp3) is 0.588. The summed E-state index contributed by atoms with van der Waals surface area (Å²) >= 11 is 0. The van der Waals surface area contributed by atoms with E-state index in [9.17, 15) is 4.79 Å². The van der Waals surface area contributed by atoms with Gasteiger partial charge < -0.3 is 10.5 Å². The first kappa shape index (κ1) is 17.7. The molecule has 1 aromatic rings. The highest BCUT2D eigenvalue weighted by molar-refractivity contribution is 5.86. The molecule has 0 aliphatic heterocycles. The molecule has 21 heavy (non-hydrogen) atoms. The number of carbonyl (C=O) groups is 1. The van der Waals surface area contributed by atoms with Crippen LogP contribution in [0.1, 0.15) is 45.6 Å². The average molecular weight is 292 g/mol. The third-order valence-corrected chi connectivity index (χ3v) is 3.43. The molecule has 118 valence electrons. The molecule has 0 saturated heterocycles. The third kappa shape index (κ3) is 5.14. The molecular formula is C17H28N2O2. The molecule has 1 unspecified atom stereocenters. The van der Waals surface area contributed by atoms with E-state index in [2.05, 4.69) is 12.2 Å². The Bertz CT molecular complexity index is 420. The Kier molecular flexibility index (Phi) is 7.40. The molecule has 0 saturated carbocycles. The minimum absolute atomic E-state index is 0.122. The van der Waals surface area contributed by atoms with E-state index in [1.165, 1.54) is 0 Å². The molecule has 0 radical (unpaired) electrons. The lowest BCUT2D eigenvalue weighted by atomic mass is 9.89. The number of rotatable bonds is 10. The SMILES string of the molecule is CCCCCOCC(NC(C)C)(C(N)=O)c1ccccc1. The zero-order valence-corrected chi connectivity index (χ0v) is 13.4. The van der Waals surface area contributed by atoms with Crippen molar-refractivity contribution in [2.45, 2.75) is 51.6 Å². The van der Waals surface area contributed by atoms with E-state index in [0.717, 1.165) is 24.8 Å². The van der Waals surface area contributed by atoms with E-state index in [1.807, 2.05) is 44.2 Å². The predicted molar refractivity (Wildman–Crippen MR) is 85.9 cm³/mol. The highest BCUT2D eigenvalue weighted by Gasteiger charge is 2.39. The van der Waals surface area contributed by atoms with Crippen LogP contribution in [0.4, 0.5) is 0 Å². The fourth-order valence-corrected chi connectivity index (χ4v) is 2.39. The van der Waals surface area contributed by atoms with Gasteiger partial charge in [-0.1, -0.05) is 50.1 Å². The van der Waals surface area contributed by atoms with Gasteiger partial charge in [-0.15, -0.1) is 0 Å². The van der Waals surface area contributed by atoms with Crippen LogP contribution in [0.25, 0.3) is 0 Å². The molecule has 0 fully saturated rings. The van der Waals surface area contributed by atoms with Gasteiger partial charge in [0.25, 0.3) is 0 Å². The van der Waals surface area contributed by atoms with Gasteiger partial charge >= 0.3 is 0 Å². The molecule has 0 spiro atoms. The fourth-order valence-electron chi connectivity index (χ4n) is 2.39. The number of amides is 1. The number of ether oxygens (including phenoxy) is 1. The lowest BCUT2D eigenvalue weighted by Gasteiger charge is -2.34. The second-order valence-corrected chi connectivity index (χ2v) is 5.69. The summed E-state index contributed by atoms with van der Waals surface area (Å²) in [4.78, 5) is 12.2. The molecule has 0 aromatic heterocycles. The Morgan fingerprint density at radius 3 is 2.48 bits per heavy atom. The van der Waals surface area contributed by atoms with Crippen molar-refractivity contribution in [3.63, 3.8) is 0 Å². The van der Waals surface area contributed by atoms with Gasteiger partial charge in [0.2, 0.25) is 5.91 Å². The quantitative estimate of drug-likeness (QED) is 0.651. The van der Waals surface area contributed by atoms with Crippen molar-refractivity contribution in [2.24, 2.45) is 5.73 Å². The van der Waals surface area contributed by atoms with Gasteiger partial charge in [0, 0.05) is 12.6 Å². The summed E-state index contributed by atoms with van der Waals surface area (Å²) < 4.78 is 5.75. The highest BCUT2D eigenvalue weighted by Crippen LogP contribution is 2.22. The maximum atomic E-state index is 12.2. The normalized spacial score (nSPS) is 14.1. The van der Waals surface area contributed by atoms with Crippen LogP contribution in [0.15, 0.2) is 30.3 Å². The average Bonchev–Trinajstić information content (AvgIpc) is 2.46. The van der Waals surface area contributed by atoms with Crippen LogP contribution in [-0.2, 0) is 15.1 Å². The smallest absolute Gasteiger partial charge is 0.244 e. The summed E-state index contributed by atoms with van der Waals surface area (Å²) in [5.41, 5.74) is 5.59. The molecular weight excluding hydrogens is 264 g/mol. The molecule has 1 atom stereocenters. The largest absolute Gasteiger partial charge is 0.379 e. The predicted octanol–water partition coefficient (Wildman–Crippen LogP) is 2.57. The lowest BCUT2D eigenvalue weighted by Crippen LogP contribution is -2.58. The van der Waals surface area contributed by atoms with Crippen molar-refractivity contribution in [1.29, 1.82) is 0 Å². The van der Waals surface area contributed by atoms with Crippen LogP contribution in [0.3, 0.4) is 0 Å². The van der Waals surface area contributed by atoms with Crippen molar-refractivity contribution in [3.05, 3.63) is 35.9 Å².